The highest BCUT2D eigenvalue weighted by atomic mass is 19.1. The van der Waals surface area contributed by atoms with E-state index in [-0.39, 0.29) is 11.9 Å². The maximum atomic E-state index is 13.1. The molecule has 1 amide bonds. The fraction of sp³-hybridized carbons (Fsp3) is 0.300. The van der Waals surface area contributed by atoms with Gasteiger partial charge >= 0.3 is 6.09 Å². The van der Waals surface area contributed by atoms with E-state index in [0.717, 1.165) is 6.07 Å². The van der Waals surface area contributed by atoms with Gasteiger partial charge in [0.15, 0.2) is 11.5 Å². The number of benzene rings is 1. The molecule has 0 saturated heterocycles. The lowest BCUT2D eigenvalue weighted by Gasteiger charge is -2.08. The maximum Gasteiger partial charge on any atom is 0.410 e. The van der Waals surface area contributed by atoms with Crippen LogP contribution >= 0.6 is 0 Å². The van der Waals surface area contributed by atoms with Gasteiger partial charge in [-0.15, -0.1) is 0 Å². The molecule has 2 N–H and O–H groups in total. The Labute approximate surface area is 85.8 Å². The number of hydrogen-bond donors (Lipinski definition) is 1. The largest absolute Gasteiger partial charge is 0.486 e. The molecule has 1 aliphatic rings. The van der Waals surface area contributed by atoms with Crippen molar-refractivity contribution in [3.05, 3.63) is 23.5 Å². The summed E-state index contributed by atoms with van der Waals surface area (Å²) in [5.74, 6) is -0.0211. The van der Waals surface area contributed by atoms with Crippen molar-refractivity contribution in [1.29, 1.82) is 0 Å². The van der Waals surface area contributed by atoms with Crippen molar-refractivity contribution in [2.75, 3.05) is 0 Å². The third-order valence-electron chi connectivity index (χ3n) is 2.13. The molecule has 80 valence electrons. The molecule has 0 fully saturated rings. The summed E-state index contributed by atoms with van der Waals surface area (Å²) >= 11 is 0. The topological polar surface area (TPSA) is 61.5 Å². The van der Waals surface area contributed by atoms with E-state index in [0.29, 0.717) is 17.7 Å². The first-order chi connectivity index (χ1) is 7.06. The first kappa shape index (κ1) is 9.76. The summed E-state index contributed by atoms with van der Waals surface area (Å²) in [5.41, 5.74) is 5.56. The molecule has 0 saturated carbocycles. The smallest absolute Gasteiger partial charge is 0.410 e. The summed E-state index contributed by atoms with van der Waals surface area (Å²) in [6, 6.07) is 2.45. The van der Waals surface area contributed by atoms with Gasteiger partial charge in [-0.25, -0.2) is 9.18 Å². The Hall–Kier alpha value is -1.78. The highest BCUT2D eigenvalue weighted by Gasteiger charge is 2.25. The van der Waals surface area contributed by atoms with Gasteiger partial charge in [0.05, 0.1) is 0 Å². The number of carbonyl (C=O) groups is 1. The van der Waals surface area contributed by atoms with Crippen LogP contribution in [0.5, 0.6) is 11.5 Å². The Kier molecular flexibility index (Phi) is 2.22. The van der Waals surface area contributed by atoms with E-state index in [1.54, 1.807) is 0 Å². The van der Waals surface area contributed by atoms with Crippen molar-refractivity contribution < 1.29 is 18.7 Å². The van der Waals surface area contributed by atoms with E-state index >= 15 is 0 Å². The highest BCUT2D eigenvalue weighted by Crippen LogP contribution is 2.38. The van der Waals surface area contributed by atoms with Crippen LogP contribution in [0.25, 0.3) is 0 Å². The van der Waals surface area contributed by atoms with Crippen LogP contribution in [0.15, 0.2) is 12.1 Å². The lowest BCUT2D eigenvalue weighted by Crippen LogP contribution is -2.17. The molecule has 0 aliphatic carbocycles. The molecule has 5 heteroatoms. The predicted molar refractivity (Wildman–Crippen MR) is 50.4 cm³/mol. The average molecular weight is 211 g/mol. The molecule has 1 aliphatic heterocycles. The van der Waals surface area contributed by atoms with Crippen molar-refractivity contribution in [2.45, 2.75) is 19.4 Å². The van der Waals surface area contributed by atoms with Crippen LogP contribution in [0.2, 0.25) is 0 Å². The normalized spacial score (nSPS) is 18.1. The van der Waals surface area contributed by atoms with Crippen LogP contribution in [-0.4, -0.2) is 12.2 Å². The van der Waals surface area contributed by atoms with E-state index in [1.165, 1.54) is 6.07 Å². The minimum absolute atomic E-state index is 0.0434. The lowest BCUT2D eigenvalue weighted by molar-refractivity contribution is 0.203. The standard InChI is InChI=1S/C10H10FNO3/c1-5-2-6-3-7(11)4-8(9(6)14-5)15-10(12)13/h3-5H,2H2,1H3,(H2,12,13). The van der Waals surface area contributed by atoms with Gasteiger partial charge in [-0.2, -0.15) is 0 Å². The third kappa shape index (κ3) is 1.86. The molecule has 1 unspecified atom stereocenters. The zero-order valence-corrected chi connectivity index (χ0v) is 8.12. The van der Waals surface area contributed by atoms with E-state index < -0.39 is 11.9 Å². The highest BCUT2D eigenvalue weighted by molar-refractivity contribution is 5.70. The SMILES string of the molecule is CC1Cc2cc(F)cc(OC(N)=O)c2O1. The van der Waals surface area contributed by atoms with Gasteiger partial charge in [0.25, 0.3) is 0 Å². The number of amides is 1. The van der Waals surface area contributed by atoms with Crippen LogP contribution in [0.3, 0.4) is 0 Å². The van der Waals surface area contributed by atoms with Crippen molar-refractivity contribution in [3.63, 3.8) is 0 Å². The average Bonchev–Trinajstić information content (AvgIpc) is 2.44. The summed E-state index contributed by atoms with van der Waals surface area (Å²) in [6.45, 7) is 1.85. The minimum Gasteiger partial charge on any atom is -0.486 e. The third-order valence-corrected chi connectivity index (χ3v) is 2.13. The second-order valence-electron chi connectivity index (χ2n) is 3.45. The number of halogens is 1. The Bertz CT molecular complexity index is 419. The van der Waals surface area contributed by atoms with Crippen LogP contribution in [0.4, 0.5) is 9.18 Å². The fourth-order valence-corrected chi connectivity index (χ4v) is 1.64. The predicted octanol–water partition coefficient (Wildman–Crippen LogP) is 1.61. The second kappa shape index (κ2) is 3.42. The van der Waals surface area contributed by atoms with Gasteiger partial charge in [-0.3, -0.25) is 0 Å². The van der Waals surface area contributed by atoms with E-state index in [4.69, 9.17) is 10.5 Å². The number of hydrogen-bond acceptors (Lipinski definition) is 3. The van der Waals surface area contributed by atoms with Crippen molar-refractivity contribution in [2.24, 2.45) is 5.73 Å². The number of rotatable bonds is 1. The first-order valence-electron chi connectivity index (χ1n) is 4.52. The monoisotopic (exact) mass is 211 g/mol. The molecule has 4 nitrogen and oxygen atoms in total. The molecule has 1 heterocycles. The second-order valence-corrected chi connectivity index (χ2v) is 3.45. The fourth-order valence-electron chi connectivity index (χ4n) is 1.64. The molecule has 0 radical (unpaired) electrons. The molecule has 1 atom stereocenters. The zero-order valence-electron chi connectivity index (χ0n) is 8.12. The molecular formula is C10H10FNO3. The van der Waals surface area contributed by atoms with Gasteiger partial charge in [0.2, 0.25) is 0 Å². The summed E-state index contributed by atoms with van der Waals surface area (Å²) < 4.78 is 23.2. The first-order valence-corrected chi connectivity index (χ1v) is 4.52. The lowest BCUT2D eigenvalue weighted by atomic mass is 10.1. The van der Waals surface area contributed by atoms with Crippen LogP contribution in [0.1, 0.15) is 12.5 Å². The molecule has 15 heavy (non-hydrogen) atoms. The van der Waals surface area contributed by atoms with E-state index in [1.807, 2.05) is 6.92 Å². The Morgan fingerprint density at radius 1 is 1.67 bits per heavy atom. The number of ether oxygens (including phenoxy) is 2. The van der Waals surface area contributed by atoms with Gasteiger partial charge < -0.3 is 15.2 Å². The number of nitrogens with two attached hydrogens (primary N) is 1. The summed E-state index contributed by atoms with van der Waals surface area (Å²) in [7, 11) is 0. The van der Waals surface area contributed by atoms with E-state index in [9.17, 15) is 9.18 Å². The number of primary amides is 1. The molecule has 2 rings (SSSR count). The Morgan fingerprint density at radius 3 is 3.07 bits per heavy atom. The van der Waals surface area contributed by atoms with Crippen molar-refractivity contribution in [3.8, 4) is 11.5 Å². The van der Waals surface area contributed by atoms with Gasteiger partial charge in [-0.1, -0.05) is 0 Å². The summed E-state index contributed by atoms with van der Waals surface area (Å²) in [6.07, 6.45) is -0.426. The summed E-state index contributed by atoms with van der Waals surface area (Å²) in [4.78, 5) is 10.6. The van der Waals surface area contributed by atoms with Crippen LogP contribution in [0, 0.1) is 5.82 Å². The van der Waals surface area contributed by atoms with Gasteiger partial charge in [0, 0.05) is 18.1 Å². The number of carbonyl (C=O) groups excluding carboxylic acids is 1. The maximum absolute atomic E-state index is 13.1. The Balaban J connectivity index is 2.42. The van der Waals surface area contributed by atoms with E-state index in [2.05, 4.69) is 4.74 Å². The van der Waals surface area contributed by atoms with Gasteiger partial charge in [0.1, 0.15) is 11.9 Å². The van der Waals surface area contributed by atoms with Crippen molar-refractivity contribution >= 4 is 6.09 Å². The van der Waals surface area contributed by atoms with Crippen LogP contribution in [-0.2, 0) is 6.42 Å². The Morgan fingerprint density at radius 2 is 2.40 bits per heavy atom. The summed E-state index contributed by atoms with van der Waals surface area (Å²) in [5, 5.41) is 0. The van der Waals surface area contributed by atoms with Gasteiger partial charge in [-0.05, 0) is 13.0 Å². The molecule has 1 aromatic rings. The molecular weight excluding hydrogens is 201 g/mol. The van der Waals surface area contributed by atoms with Crippen LogP contribution < -0.4 is 15.2 Å². The minimum atomic E-state index is -0.981. The molecule has 0 spiro atoms. The number of fused-ring (bicyclic) bond motifs is 1. The zero-order chi connectivity index (χ0) is 11.0. The molecule has 0 bridgehead atoms. The molecule has 1 aromatic carbocycles. The quantitative estimate of drug-likeness (QED) is 0.767. The van der Waals surface area contributed by atoms with Crippen molar-refractivity contribution in [1.82, 2.24) is 0 Å². The molecule has 0 aromatic heterocycles.